The lowest BCUT2D eigenvalue weighted by Gasteiger charge is -2.40. The van der Waals surface area contributed by atoms with Crippen LogP contribution in [0.3, 0.4) is 0 Å². The third kappa shape index (κ3) is 1.23. The number of hydrogen-bond acceptors (Lipinski definition) is 3. The average molecular weight is 209 g/mol. The second-order valence-corrected chi connectivity index (χ2v) is 5.13. The summed E-state index contributed by atoms with van der Waals surface area (Å²) < 4.78 is 6.04. The first-order valence-electron chi connectivity index (χ1n) is 5.32. The normalized spacial score (nSPS) is 31.7. The van der Waals surface area contributed by atoms with Crippen LogP contribution >= 0.6 is 11.3 Å². The molecule has 76 valence electrons. The molecule has 3 heterocycles. The number of rotatable bonds is 0. The highest BCUT2D eigenvalue weighted by atomic mass is 32.1. The van der Waals surface area contributed by atoms with Gasteiger partial charge in [-0.25, -0.2) is 0 Å². The van der Waals surface area contributed by atoms with Crippen LogP contribution in [0.1, 0.15) is 23.3 Å². The van der Waals surface area contributed by atoms with Gasteiger partial charge in [0.25, 0.3) is 0 Å². The number of fused-ring (bicyclic) bond motifs is 2. The molecule has 1 aromatic heterocycles. The van der Waals surface area contributed by atoms with Gasteiger partial charge in [-0.3, -0.25) is 0 Å². The number of nitrogens with one attached hydrogen (secondary N) is 1. The second-order valence-electron chi connectivity index (χ2n) is 4.13. The maximum Gasteiger partial charge on any atom is 0.107 e. The Hall–Kier alpha value is -0.380. The molecule has 3 rings (SSSR count). The van der Waals surface area contributed by atoms with Crippen molar-refractivity contribution >= 4 is 11.3 Å². The molecule has 3 heteroatoms. The molecule has 0 aliphatic carbocycles. The van der Waals surface area contributed by atoms with Crippen LogP contribution in [0.5, 0.6) is 0 Å². The molecule has 0 amide bonds. The van der Waals surface area contributed by atoms with E-state index in [1.807, 2.05) is 11.3 Å². The summed E-state index contributed by atoms with van der Waals surface area (Å²) in [5.41, 5.74) is 1.48. The van der Waals surface area contributed by atoms with Gasteiger partial charge < -0.3 is 10.1 Å². The van der Waals surface area contributed by atoms with Gasteiger partial charge in [0.05, 0.1) is 6.61 Å². The van der Waals surface area contributed by atoms with Crippen molar-refractivity contribution in [3.63, 3.8) is 0 Å². The first-order valence-corrected chi connectivity index (χ1v) is 6.20. The van der Waals surface area contributed by atoms with E-state index in [4.69, 9.17) is 4.74 Å². The van der Waals surface area contributed by atoms with Crippen LogP contribution in [0.4, 0.5) is 0 Å². The molecule has 14 heavy (non-hydrogen) atoms. The number of thiophene rings is 1. The highest BCUT2D eigenvalue weighted by Crippen LogP contribution is 2.40. The predicted octanol–water partition coefficient (Wildman–Crippen LogP) is 1.90. The summed E-state index contributed by atoms with van der Waals surface area (Å²) in [4.78, 5) is 1.54. The van der Waals surface area contributed by atoms with Crippen LogP contribution < -0.4 is 5.32 Å². The minimum absolute atomic E-state index is 0.0197. The molecule has 2 aliphatic heterocycles. The highest BCUT2D eigenvalue weighted by molar-refractivity contribution is 7.10. The summed E-state index contributed by atoms with van der Waals surface area (Å²) in [6.07, 6.45) is 3.52. The molecule has 2 aliphatic rings. The van der Waals surface area contributed by atoms with E-state index in [-0.39, 0.29) is 5.60 Å². The van der Waals surface area contributed by atoms with E-state index in [2.05, 4.69) is 16.8 Å². The summed E-state index contributed by atoms with van der Waals surface area (Å²) in [7, 11) is 0. The Morgan fingerprint density at radius 1 is 1.50 bits per heavy atom. The largest absolute Gasteiger partial charge is 0.369 e. The van der Waals surface area contributed by atoms with E-state index in [0.717, 1.165) is 26.1 Å². The second kappa shape index (κ2) is 3.33. The molecule has 1 atom stereocenters. The van der Waals surface area contributed by atoms with Gasteiger partial charge in [0, 0.05) is 17.8 Å². The van der Waals surface area contributed by atoms with Crippen molar-refractivity contribution in [2.75, 3.05) is 19.7 Å². The first kappa shape index (κ1) is 8.89. The van der Waals surface area contributed by atoms with Gasteiger partial charge in [-0.05, 0) is 36.4 Å². The highest BCUT2D eigenvalue weighted by Gasteiger charge is 2.39. The summed E-state index contributed by atoms with van der Waals surface area (Å²) in [6, 6.07) is 2.26. The summed E-state index contributed by atoms with van der Waals surface area (Å²) >= 11 is 1.89. The van der Waals surface area contributed by atoms with Crippen LogP contribution in [0.2, 0.25) is 0 Å². The lowest BCUT2D eigenvalue weighted by Crippen LogP contribution is -2.47. The van der Waals surface area contributed by atoms with Gasteiger partial charge in [-0.1, -0.05) is 0 Å². The Morgan fingerprint density at radius 2 is 2.50 bits per heavy atom. The Labute approximate surface area is 88.3 Å². The SMILES string of the molecule is c1cc2c(s1)CCOC21CCCNC1. The molecule has 0 bridgehead atoms. The first-order chi connectivity index (χ1) is 6.91. The zero-order valence-electron chi connectivity index (χ0n) is 8.21. The molecule has 1 N–H and O–H groups in total. The zero-order valence-corrected chi connectivity index (χ0v) is 9.03. The van der Waals surface area contributed by atoms with Gasteiger partial charge in [-0.2, -0.15) is 0 Å². The number of ether oxygens (including phenoxy) is 1. The molecule has 0 saturated carbocycles. The molecule has 1 aromatic rings. The summed E-state index contributed by atoms with van der Waals surface area (Å²) in [5.74, 6) is 0. The predicted molar refractivity (Wildman–Crippen MR) is 57.8 cm³/mol. The lowest BCUT2D eigenvalue weighted by atomic mass is 9.84. The van der Waals surface area contributed by atoms with Gasteiger partial charge in [-0.15, -0.1) is 11.3 Å². The monoisotopic (exact) mass is 209 g/mol. The minimum Gasteiger partial charge on any atom is -0.369 e. The Kier molecular flexibility index (Phi) is 2.11. The van der Waals surface area contributed by atoms with E-state index in [1.54, 1.807) is 4.88 Å². The van der Waals surface area contributed by atoms with Crippen molar-refractivity contribution in [3.05, 3.63) is 21.9 Å². The van der Waals surface area contributed by atoms with Crippen molar-refractivity contribution < 1.29 is 4.74 Å². The van der Waals surface area contributed by atoms with Crippen LogP contribution in [0.25, 0.3) is 0 Å². The van der Waals surface area contributed by atoms with Crippen LogP contribution in [0.15, 0.2) is 11.4 Å². The fraction of sp³-hybridized carbons (Fsp3) is 0.636. The quantitative estimate of drug-likeness (QED) is 0.704. The molecule has 1 unspecified atom stereocenters. The smallest absolute Gasteiger partial charge is 0.107 e. The molecule has 0 aromatic carbocycles. The van der Waals surface area contributed by atoms with Crippen molar-refractivity contribution in [1.82, 2.24) is 5.32 Å². The summed E-state index contributed by atoms with van der Waals surface area (Å²) in [6.45, 7) is 3.04. The topological polar surface area (TPSA) is 21.3 Å². The van der Waals surface area contributed by atoms with Gasteiger partial charge in [0.1, 0.15) is 5.60 Å². The lowest BCUT2D eigenvalue weighted by molar-refractivity contribution is -0.0739. The zero-order chi connectivity index (χ0) is 9.43. The summed E-state index contributed by atoms with van der Waals surface area (Å²) in [5, 5.41) is 5.66. The molecule has 1 fully saturated rings. The fourth-order valence-corrected chi connectivity index (χ4v) is 3.54. The Bertz CT molecular complexity index is 328. The number of hydrogen-bond donors (Lipinski definition) is 1. The number of piperidine rings is 1. The minimum atomic E-state index is 0.0197. The standard InChI is InChI=1S/C11H15NOS/c1-4-11(8-12-5-1)9-3-7-14-10(9)2-6-13-11/h3,7,12H,1-2,4-6,8H2. The maximum atomic E-state index is 6.04. The van der Waals surface area contributed by atoms with Crippen molar-refractivity contribution in [3.8, 4) is 0 Å². The van der Waals surface area contributed by atoms with Gasteiger partial charge in [0.15, 0.2) is 0 Å². The van der Waals surface area contributed by atoms with Crippen molar-refractivity contribution in [1.29, 1.82) is 0 Å². The van der Waals surface area contributed by atoms with E-state index in [0.29, 0.717) is 0 Å². The van der Waals surface area contributed by atoms with Gasteiger partial charge in [0.2, 0.25) is 0 Å². The van der Waals surface area contributed by atoms with Crippen LogP contribution in [0, 0.1) is 0 Å². The van der Waals surface area contributed by atoms with E-state index >= 15 is 0 Å². The van der Waals surface area contributed by atoms with E-state index in [9.17, 15) is 0 Å². The van der Waals surface area contributed by atoms with Crippen LogP contribution in [-0.2, 0) is 16.8 Å². The molecule has 0 radical (unpaired) electrons. The van der Waals surface area contributed by atoms with Crippen molar-refractivity contribution in [2.45, 2.75) is 24.9 Å². The van der Waals surface area contributed by atoms with E-state index < -0.39 is 0 Å². The third-order valence-corrected chi connectivity index (χ3v) is 4.27. The average Bonchev–Trinajstić information content (AvgIpc) is 2.69. The Balaban J connectivity index is 2.01. The Morgan fingerprint density at radius 3 is 3.36 bits per heavy atom. The maximum absolute atomic E-state index is 6.04. The van der Waals surface area contributed by atoms with Crippen molar-refractivity contribution in [2.24, 2.45) is 0 Å². The van der Waals surface area contributed by atoms with E-state index in [1.165, 1.54) is 18.4 Å². The molecule has 1 spiro atoms. The van der Waals surface area contributed by atoms with Crippen LogP contribution in [-0.4, -0.2) is 19.7 Å². The third-order valence-electron chi connectivity index (χ3n) is 3.29. The fourth-order valence-electron chi connectivity index (χ4n) is 2.59. The molecular formula is C11H15NOS. The molecular weight excluding hydrogens is 194 g/mol. The molecule has 1 saturated heterocycles. The van der Waals surface area contributed by atoms with Gasteiger partial charge >= 0.3 is 0 Å². The molecule has 2 nitrogen and oxygen atoms in total.